The third-order valence-electron chi connectivity index (χ3n) is 5.09. The molecule has 1 aromatic rings. The van der Waals surface area contributed by atoms with E-state index in [0.717, 1.165) is 51.1 Å². The van der Waals surface area contributed by atoms with Crippen LogP contribution >= 0.6 is 0 Å². The number of nitrogens with zero attached hydrogens (tertiary/aromatic N) is 2. The molecule has 1 aromatic carbocycles. The van der Waals surface area contributed by atoms with Gasteiger partial charge in [-0.2, -0.15) is 0 Å². The maximum absolute atomic E-state index is 11.8. The smallest absolute Gasteiger partial charge is 0.249 e. The van der Waals surface area contributed by atoms with E-state index in [1.165, 1.54) is 24.1 Å². The van der Waals surface area contributed by atoms with Crippen LogP contribution in [0.1, 0.15) is 48.5 Å². The molecule has 0 radical (unpaired) electrons. The van der Waals surface area contributed by atoms with Crippen molar-refractivity contribution in [3.05, 3.63) is 35.4 Å². The summed E-state index contributed by atoms with van der Waals surface area (Å²) >= 11 is 0. The van der Waals surface area contributed by atoms with Crippen molar-refractivity contribution in [3.8, 4) is 0 Å². The zero-order chi connectivity index (χ0) is 16.2. The summed E-state index contributed by atoms with van der Waals surface area (Å²) in [7, 11) is 0. The van der Waals surface area contributed by atoms with Gasteiger partial charge in [-0.05, 0) is 61.6 Å². The fourth-order valence-corrected chi connectivity index (χ4v) is 3.61. The third-order valence-corrected chi connectivity index (χ3v) is 5.09. The van der Waals surface area contributed by atoms with Crippen LogP contribution in [0.15, 0.2) is 24.3 Å². The Bertz CT molecular complexity index is 601. The van der Waals surface area contributed by atoms with E-state index in [2.05, 4.69) is 34.9 Å². The van der Waals surface area contributed by atoms with Crippen molar-refractivity contribution in [1.82, 2.24) is 4.90 Å². The minimum atomic E-state index is -0.325. The van der Waals surface area contributed by atoms with Crippen molar-refractivity contribution >= 4 is 17.2 Å². The monoisotopic (exact) mass is 313 g/mol. The van der Waals surface area contributed by atoms with Crippen molar-refractivity contribution in [2.75, 3.05) is 37.6 Å². The Balaban J connectivity index is 1.88. The molecular weight excluding hydrogens is 286 g/mol. The lowest BCUT2D eigenvalue weighted by Crippen LogP contribution is -2.46. The quantitative estimate of drug-likeness (QED) is 0.930. The minimum absolute atomic E-state index is 0.325. The van der Waals surface area contributed by atoms with Crippen molar-refractivity contribution in [2.45, 2.75) is 32.6 Å². The van der Waals surface area contributed by atoms with E-state index in [4.69, 9.17) is 5.73 Å². The summed E-state index contributed by atoms with van der Waals surface area (Å²) < 4.78 is 0. The first-order chi connectivity index (χ1) is 11.2. The third kappa shape index (κ3) is 3.58. The maximum atomic E-state index is 11.8. The molecule has 0 spiro atoms. The van der Waals surface area contributed by atoms with Gasteiger partial charge in [-0.15, -0.1) is 0 Å². The van der Waals surface area contributed by atoms with Crippen molar-refractivity contribution in [1.29, 1.82) is 0 Å². The molecule has 4 nitrogen and oxygen atoms in total. The van der Waals surface area contributed by atoms with E-state index < -0.39 is 0 Å². The molecule has 3 rings (SSSR count). The van der Waals surface area contributed by atoms with Gasteiger partial charge in [-0.3, -0.25) is 4.79 Å². The second kappa shape index (κ2) is 7.18. The average Bonchev–Trinajstić information content (AvgIpc) is 2.62. The summed E-state index contributed by atoms with van der Waals surface area (Å²) in [6.45, 7) is 7.63. The van der Waals surface area contributed by atoms with Gasteiger partial charge in [0.2, 0.25) is 5.91 Å². The Morgan fingerprint density at radius 2 is 1.96 bits per heavy atom. The van der Waals surface area contributed by atoms with Gasteiger partial charge in [0.15, 0.2) is 0 Å². The molecule has 1 amide bonds. The molecule has 23 heavy (non-hydrogen) atoms. The van der Waals surface area contributed by atoms with Crippen LogP contribution in [0.4, 0.5) is 5.69 Å². The SMILES string of the molecule is CCN1CCN(c2ccc(C(N)=O)c(C3=CCCCC3)c2)CC1. The molecule has 0 saturated carbocycles. The fraction of sp³-hybridized carbons (Fsp3) is 0.526. The van der Waals surface area contributed by atoms with Gasteiger partial charge < -0.3 is 15.5 Å². The maximum Gasteiger partial charge on any atom is 0.249 e. The largest absolute Gasteiger partial charge is 0.369 e. The minimum Gasteiger partial charge on any atom is -0.369 e. The lowest BCUT2D eigenvalue weighted by atomic mass is 9.90. The first-order valence-corrected chi connectivity index (χ1v) is 8.79. The summed E-state index contributed by atoms with van der Waals surface area (Å²) in [5, 5.41) is 0. The number of rotatable bonds is 4. The second-order valence-electron chi connectivity index (χ2n) is 6.49. The molecule has 1 aliphatic carbocycles. The second-order valence-corrected chi connectivity index (χ2v) is 6.49. The molecule has 2 aliphatic rings. The van der Waals surface area contributed by atoms with Gasteiger partial charge in [-0.25, -0.2) is 0 Å². The van der Waals surface area contributed by atoms with Gasteiger partial charge in [0.1, 0.15) is 0 Å². The molecule has 4 heteroatoms. The van der Waals surface area contributed by atoms with E-state index in [1.54, 1.807) is 0 Å². The summed E-state index contributed by atoms with van der Waals surface area (Å²) in [6, 6.07) is 6.14. The summed E-state index contributed by atoms with van der Waals surface area (Å²) in [5.74, 6) is -0.325. The Hall–Kier alpha value is -1.81. The highest BCUT2D eigenvalue weighted by molar-refractivity contribution is 5.98. The Kier molecular flexibility index (Phi) is 5.01. The van der Waals surface area contributed by atoms with Crippen LogP contribution in [0, 0.1) is 0 Å². The standard InChI is InChI=1S/C19H27N3O/c1-2-21-10-12-22(13-11-21)16-8-9-17(19(20)23)18(14-16)15-6-4-3-5-7-15/h6,8-9,14H,2-5,7,10-13H2,1H3,(H2,20,23). The van der Waals surface area contributed by atoms with E-state index in [1.807, 2.05) is 6.07 Å². The van der Waals surface area contributed by atoms with Gasteiger partial charge in [0, 0.05) is 37.4 Å². The molecule has 0 bridgehead atoms. The molecule has 124 valence electrons. The number of hydrogen-bond acceptors (Lipinski definition) is 3. The number of likely N-dealkylation sites (N-methyl/N-ethyl adjacent to an activating group) is 1. The number of benzene rings is 1. The van der Waals surface area contributed by atoms with Crippen LogP contribution in [-0.4, -0.2) is 43.5 Å². The van der Waals surface area contributed by atoms with Crippen LogP contribution in [0.5, 0.6) is 0 Å². The van der Waals surface area contributed by atoms with E-state index in [9.17, 15) is 4.79 Å². The van der Waals surface area contributed by atoms with E-state index in [0.29, 0.717) is 5.56 Å². The van der Waals surface area contributed by atoms with Gasteiger partial charge in [-0.1, -0.05) is 13.0 Å². The first-order valence-electron chi connectivity index (χ1n) is 8.79. The number of carbonyl (C=O) groups is 1. The normalized spacial score (nSPS) is 19.5. The van der Waals surface area contributed by atoms with E-state index in [-0.39, 0.29) is 5.91 Å². The Morgan fingerprint density at radius 3 is 2.57 bits per heavy atom. The number of nitrogens with two attached hydrogens (primary N) is 1. The molecule has 1 heterocycles. The van der Waals surface area contributed by atoms with Crippen LogP contribution in [0.3, 0.4) is 0 Å². The van der Waals surface area contributed by atoms with Crippen LogP contribution in [-0.2, 0) is 0 Å². The number of carbonyl (C=O) groups excluding carboxylic acids is 1. The highest BCUT2D eigenvalue weighted by Crippen LogP contribution is 2.32. The highest BCUT2D eigenvalue weighted by Gasteiger charge is 2.19. The summed E-state index contributed by atoms with van der Waals surface area (Å²) in [5.41, 5.74) is 9.82. The van der Waals surface area contributed by atoms with E-state index >= 15 is 0 Å². The Morgan fingerprint density at radius 1 is 1.17 bits per heavy atom. The zero-order valence-corrected chi connectivity index (χ0v) is 14.1. The Labute approximate surface area is 138 Å². The van der Waals surface area contributed by atoms with Crippen molar-refractivity contribution in [2.24, 2.45) is 5.73 Å². The first kappa shape index (κ1) is 16.1. The molecule has 0 unspecified atom stereocenters. The number of anilines is 1. The highest BCUT2D eigenvalue weighted by atomic mass is 16.1. The molecule has 2 N–H and O–H groups in total. The zero-order valence-electron chi connectivity index (χ0n) is 14.1. The molecule has 0 atom stereocenters. The summed E-state index contributed by atoms with van der Waals surface area (Å²) in [6.07, 6.45) is 6.88. The summed E-state index contributed by atoms with van der Waals surface area (Å²) in [4.78, 5) is 16.7. The molecule has 0 aromatic heterocycles. The van der Waals surface area contributed by atoms with Crippen molar-refractivity contribution in [3.63, 3.8) is 0 Å². The molecule has 1 aliphatic heterocycles. The number of hydrogen-bond donors (Lipinski definition) is 1. The van der Waals surface area contributed by atoms with Crippen LogP contribution in [0.2, 0.25) is 0 Å². The predicted octanol–water partition coefficient (Wildman–Crippen LogP) is 2.88. The molecular formula is C19H27N3O. The van der Waals surface area contributed by atoms with Crippen molar-refractivity contribution < 1.29 is 4.79 Å². The molecule has 1 fully saturated rings. The topological polar surface area (TPSA) is 49.6 Å². The van der Waals surface area contributed by atoms with Crippen LogP contribution in [0.25, 0.3) is 5.57 Å². The van der Waals surface area contributed by atoms with Gasteiger partial charge in [0.05, 0.1) is 0 Å². The lowest BCUT2D eigenvalue weighted by Gasteiger charge is -2.36. The fourth-order valence-electron chi connectivity index (χ4n) is 3.61. The number of allylic oxidation sites excluding steroid dienone is 2. The average molecular weight is 313 g/mol. The number of piperazine rings is 1. The number of amides is 1. The molecule has 1 saturated heterocycles. The van der Waals surface area contributed by atoms with Gasteiger partial charge in [0.25, 0.3) is 0 Å². The van der Waals surface area contributed by atoms with Crippen LogP contribution < -0.4 is 10.6 Å². The lowest BCUT2D eigenvalue weighted by molar-refractivity contribution is 0.1000. The predicted molar refractivity (Wildman–Crippen MR) is 95.7 cm³/mol. The van der Waals surface area contributed by atoms with Gasteiger partial charge >= 0.3 is 0 Å². The number of primary amides is 1.